The van der Waals surface area contributed by atoms with Crippen LogP contribution >= 0.6 is 0 Å². The molecule has 1 rings (SSSR count). The van der Waals surface area contributed by atoms with Crippen LogP contribution in [0.1, 0.15) is 51.0 Å². The molecule has 16 heavy (non-hydrogen) atoms. The Morgan fingerprint density at radius 3 is 2.06 bits per heavy atom. The Kier molecular flexibility index (Phi) is 11.2. The van der Waals surface area contributed by atoms with Crippen LogP contribution in [0.15, 0.2) is 24.3 Å². The number of rotatable bonds is 7. The van der Waals surface area contributed by atoms with Crippen molar-refractivity contribution < 1.29 is 5.11 Å². The van der Waals surface area contributed by atoms with Crippen molar-refractivity contribution in [3.63, 3.8) is 0 Å². The minimum absolute atomic E-state index is 0. The van der Waals surface area contributed by atoms with Gasteiger partial charge in [0, 0.05) is 0 Å². The molecule has 0 fully saturated rings. The molecule has 1 nitrogen and oxygen atoms in total. The molecule has 0 unspecified atom stereocenters. The Bertz CT molecular complexity index is 256. The average Bonchev–Trinajstić information content (AvgIpc) is 2.26. The number of hydrogen-bond acceptors (Lipinski definition) is 1. The number of aryl methyl sites for hydroxylation is 1. The van der Waals surface area contributed by atoms with E-state index in [0.29, 0.717) is 5.75 Å². The van der Waals surface area contributed by atoms with E-state index >= 15 is 0 Å². The molecule has 0 aromatic heterocycles. The second kappa shape index (κ2) is 10.8. The van der Waals surface area contributed by atoms with Crippen molar-refractivity contribution in [3.8, 4) is 5.75 Å². The number of aromatic hydroxyl groups is 1. The first-order valence-electron chi connectivity index (χ1n) is 6.11. The maximum absolute atomic E-state index is 9.13. The molecule has 2 heteroatoms. The fourth-order valence-electron chi connectivity index (χ4n) is 1.77. The predicted octanol–water partition coefficient (Wildman–Crippen LogP) is 3.65. The molecule has 0 bridgehead atoms. The van der Waals surface area contributed by atoms with Crippen LogP contribution in [0.5, 0.6) is 5.75 Å². The van der Waals surface area contributed by atoms with Gasteiger partial charge in [-0.2, -0.15) is 0 Å². The Balaban J connectivity index is 0.00000225. The van der Waals surface area contributed by atoms with Crippen molar-refractivity contribution in [2.24, 2.45) is 0 Å². The summed E-state index contributed by atoms with van der Waals surface area (Å²) < 4.78 is 0. The summed E-state index contributed by atoms with van der Waals surface area (Å²) in [6.07, 6.45) is 9.19. The van der Waals surface area contributed by atoms with Gasteiger partial charge in [0.25, 0.3) is 0 Å². The fourth-order valence-corrected chi connectivity index (χ4v) is 1.77. The first-order valence-corrected chi connectivity index (χ1v) is 6.11. The molecule has 0 aliphatic carbocycles. The van der Waals surface area contributed by atoms with E-state index in [9.17, 15) is 0 Å². The molecule has 0 amide bonds. The summed E-state index contributed by atoms with van der Waals surface area (Å²) in [5.41, 5.74) is 1.34. The molecule has 0 heterocycles. The predicted molar refractivity (Wildman–Crippen MR) is 72.3 cm³/mol. The van der Waals surface area contributed by atoms with E-state index in [2.05, 4.69) is 6.92 Å². The van der Waals surface area contributed by atoms with E-state index in [4.69, 9.17) is 5.11 Å². The van der Waals surface area contributed by atoms with Crippen LogP contribution in [0.2, 0.25) is 0 Å². The van der Waals surface area contributed by atoms with Crippen molar-refractivity contribution in [1.29, 1.82) is 0 Å². The summed E-state index contributed by atoms with van der Waals surface area (Å²) in [6.45, 7) is 2.25. The van der Waals surface area contributed by atoms with Gasteiger partial charge in [0.15, 0.2) is 0 Å². The Morgan fingerprint density at radius 2 is 1.44 bits per heavy atom. The maximum atomic E-state index is 9.13. The van der Waals surface area contributed by atoms with Crippen LogP contribution in [0, 0.1) is 0 Å². The second-order valence-electron chi connectivity index (χ2n) is 4.18. The van der Waals surface area contributed by atoms with E-state index in [0.717, 1.165) is 6.42 Å². The third kappa shape index (κ3) is 7.85. The molecule has 1 aromatic rings. The molecule has 86 valence electrons. The number of hydrogen-bond donors (Lipinski definition) is 1. The van der Waals surface area contributed by atoms with Crippen LogP contribution in [0.25, 0.3) is 0 Å². The molecular weight excluding hydrogens is 223 g/mol. The second-order valence-corrected chi connectivity index (χ2v) is 4.18. The first kappa shape index (κ1) is 16.7. The van der Waals surface area contributed by atoms with Crippen LogP contribution < -0.4 is 0 Å². The van der Waals surface area contributed by atoms with Gasteiger partial charge in [-0.25, -0.2) is 0 Å². The SMILES string of the molecule is CCCCCCCCc1ccc(O)cc1.[KH]. The van der Waals surface area contributed by atoms with Crippen LogP contribution in [-0.2, 0) is 6.42 Å². The normalized spacial score (nSPS) is 9.81. The van der Waals surface area contributed by atoms with Gasteiger partial charge in [-0.15, -0.1) is 0 Å². The van der Waals surface area contributed by atoms with Crippen LogP contribution in [0.4, 0.5) is 0 Å². The standard InChI is InChI=1S/C14H22O.K.H/c1-2-3-4-5-6-7-8-13-9-11-14(15)12-10-13;;/h9-12,15H,2-8H2,1H3;;. The van der Waals surface area contributed by atoms with E-state index in [1.807, 2.05) is 12.1 Å². The molecular formula is C14H23KO. The third-order valence-electron chi connectivity index (χ3n) is 2.76. The summed E-state index contributed by atoms with van der Waals surface area (Å²) in [6, 6.07) is 7.57. The number of unbranched alkanes of at least 4 members (excludes halogenated alkanes) is 5. The minimum atomic E-state index is 0. The molecule has 1 N–H and O–H groups in total. The van der Waals surface area contributed by atoms with Crippen molar-refractivity contribution >= 4 is 51.4 Å². The quantitative estimate of drug-likeness (QED) is 0.575. The van der Waals surface area contributed by atoms with Gasteiger partial charge < -0.3 is 5.11 Å². The van der Waals surface area contributed by atoms with Crippen molar-refractivity contribution in [2.45, 2.75) is 51.9 Å². The Morgan fingerprint density at radius 1 is 0.875 bits per heavy atom. The average molecular weight is 246 g/mol. The van der Waals surface area contributed by atoms with Crippen molar-refractivity contribution in [3.05, 3.63) is 29.8 Å². The molecule has 1 aromatic carbocycles. The van der Waals surface area contributed by atoms with Gasteiger partial charge in [-0.05, 0) is 30.5 Å². The van der Waals surface area contributed by atoms with E-state index in [1.54, 1.807) is 12.1 Å². The molecule has 0 saturated carbocycles. The zero-order chi connectivity index (χ0) is 10.9. The van der Waals surface area contributed by atoms with Crippen molar-refractivity contribution in [2.75, 3.05) is 0 Å². The van der Waals surface area contributed by atoms with Crippen LogP contribution in [-0.4, -0.2) is 56.5 Å². The third-order valence-corrected chi connectivity index (χ3v) is 2.76. The summed E-state index contributed by atoms with van der Waals surface area (Å²) in [5, 5.41) is 9.13. The molecule has 0 atom stereocenters. The first-order chi connectivity index (χ1) is 7.33. The van der Waals surface area contributed by atoms with E-state index in [1.165, 1.54) is 44.1 Å². The van der Waals surface area contributed by atoms with Gasteiger partial charge in [0.2, 0.25) is 0 Å². The Labute approximate surface area is 142 Å². The zero-order valence-electron chi connectivity index (χ0n) is 9.71. The number of benzene rings is 1. The van der Waals surface area contributed by atoms with Gasteiger partial charge in [0.05, 0.1) is 0 Å². The molecule has 0 aliphatic rings. The molecule has 0 spiro atoms. The monoisotopic (exact) mass is 246 g/mol. The molecule has 0 radical (unpaired) electrons. The molecule has 0 aliphatic heterocycles. The zero-order valence-corrected chi connectivity index (χ0v) is 9.71. The number of phenolic OH excluding ortho intramolecular Hbond substituents is 1. The Hall–Kier alpha value is 0.656. The van der Waals surface area contributed by atoms with Gasteiger partial charge in [-0.3, -0.25) is 0 Å². The fraction of sp³-hybridized carbons (Fsp3) is 0.571. The van der Waals surface area contributed by atoms with Gasteiger partial charge in [-0.1, -0.05) is 51.2 Å². The molecule has 0 saturated heterocycles. The van der Waals surface area contributed by atoms with Crippen molar-refractivity contribution in [1.82, 2.24) is 0 Å². The summed E-state index contributed by atoms with van der Waals surface area (Å²) >= 11 is 0. The van der Waals surface area contributed by atoms with Gasteiger partial charge in [0.1, 0.15) is 5.75 Å². The van der Waals surface area contributed by atoms with Crippen LogP contribution in [0.3, 0.4) is 0 Å². The summed E-state index contributed by atoms with van der Waals surface area (Å²) in [7, 11) is 0. The van der Waals surface area contributed by atoms with Gasteiger partial charge >= 0.3 is 51.4 Å². The van der Waals surface area contributed by atoms with E-state index in [-0.39, 0.29) is 51.4 Å². The number of phenols is 1. The summed E-state index contributed by atoms with van der Waals surface area (Å²) in [4.78, 5) is 0. The van der Waals surface area contributed by atoms with E-state index < -0.39 is 0 Å². The summed E-state index contributed by atoms with van der Waals surface area (Å²) in [5.74, 6) is 0.363. The topological polar surface area (TPSA) is 20.2 Å².